The molecule has 2 aromatic carbocycles. The molecule has 2 aromatic rings. The Balaban J connectivity index is 1.48. The van der Waals surface area contributed by atoms with E-state index in [-0.39, 0.29) is 5.91 Å². The Labute approximate surface area is 173 Å². The molecule has 0 N–H and O–H groups in total. The van der Waals surface area contributed by atoms with Crippen molar-refractivity contribution in [1.29, 1.82) is 0 Å². The van der Waals surface area contributed by atoms with E-state index >= 15 is 0 Å². The normalized spacial score (nSPS) is 15.5. The third kappa shape index (κ3) is 5.45. The summed E-state index contributed by atoms with van der Waals surface area (Å²) in [5.74, 6) is -0.680. The standard InChI is InChI=1S/C22H23BrN2O3/c1-17(28-21(26)11-10-18-6-5-7-19(23)16-18)22(27)25-14-12-24(13-15-25)20-8-3-2-4-9-20/h2-11,16-17H,12-15H2,1H3/b11-10+. The molecule has 1 aliphatic heterocycles. The Morgan fingerprint density at radius 3 is 2.43 bits per heavy atom. The van der Waals surface area contributed by atoms with E-state index < -0.39 is 12.1 Å². The lowest BCUT2D eigenvalue weighted by molar-refractivity contribution is -0.155. The molecule has 146 valence electrons. The summed E-state index contributed by atoms with van der Waals surface area (Å²) in [4.78, 5) is 28.6. The Morgan fingerprint density at radius 1 is 1.04 bits per heavy atom. The molecule has 1 saturated heterocycles. The van der Waals surface area contributed by atoms with Gasteiger partial charge in [0.1, 0.15) is 0 Å². The van der Waals surface area contributed by atoms with E-state index in [1.54, 1.807) is 17.9 Å². The van der Waals surface area contributed by atoms with Crippen LogP contribution in [0.25, 0.3) is 6.08 Å². The first-order chi connectivity index (χ1) is 13.5. The summed E-state index contributed by atoms with van der Waals surface area (Å²) < 4.78 is 6.22. The molecule has 0 saturated carbocycles. The molecule has 1 aliphatic rings. The number of rotatable bonds is 5. The van der Waals surface area contributed by atoms with E-state index in [4.69, 9.17) is 4.74 Å². The maximum atomic E-state index is 12.6. The van der Waals surface area contributed by atoms with E-state index in [2.05, 4.69) is 33.0 Å². The summed E-state index contributed by atoms with van der Waals surface area (Å²) in [6.45, 7) is 4.38. The highest BCUT2D eigenvalue weighted by Crippen LogP contribution is 2.16. The van der Waals surface area contributed by atoms with Crippen molar-refractivity contribution in [3.05, 3.63) is 70.7 Å². The number of nitrogens with zero attached hydrogens (tertiary/aromatic N) is 2. The number of ether oxygens (including phenoxy) is 1. The van der Waals surface area contributed by atoms with Gasteiger partial charge < -0.3 is 14.5 Å². The summed E-state index contributed by atoms with van der Waals surface area (Å²) in [6.07, 6.45) is 2.21. The van der Waals surface area contributed by atoms with Crippen LogP contribution in [-0.4, -0.2) is 49.1 Å². The molecule has 1 unspecified atom stereocenters. The summed E-state index contributed by atoms with van der Waals surface area (Å²) in [5.41, 5.74) is 2.04. The molecule has 1 atom stereocenters. The van der Waals surface area contributed by atoms with Crippen LogP contribution in [0.15, 0.2) is 65.1 Å². The van der Waals surface area contributed by atoms with Crippen molar-refractivity contribution in [3.8, 4) is 0 Å². The van der Waals surface area contributed by atoms with Gasteiger partial charge in [-0.15, -0.1) is 0 Å². The molecular weight excluding hydrogens is 420 g/mol. The number of hydrogen-bond donors (Lipinski definition) is 0. The first-order valence-corrected chi connectivity index (χ1v) is 10.1. The lowest BCUT2D eigenvalue weighted by Gasteiger charge is -2.36. The molecule has 0 radical (unpaired) electrons. The molecule has 1 fully saturated rings. The van der Waals surface area contributed by atoms with Crippen molar-refractivity contribution in [2.24, 2.45) is 0 Å². The van der Waals surface area contributed by atoms with Gasteiger partial charge in [0.2, 0.25) is 0 Å². The van der Waals surface area contributed by atoms with Gasteiger partial charge in [-0.25, -0.2) is 4.79 Å². The van der Waals surface area contributed by atoms with E-state index in [1.165, 1.54) is 6.08 Å². The first-order valence-electron chi connectivity index (χ1n) is 9.26. The topological polar surface area (TPSA) is 49.9 Å². The number of para-hydroxylation sites is 1. The number of hydrogen-bond acceptors (Lipinski definition) is 4. The third-order valence-corrected chi connectivity index (χ3v) is 5.11. The van der Waals surface area contributed by atoms with E-state index in [1.807, 2.05) is 42.5 Å². The minimum atomic E-state index is -0.803. The number of carbonyl (C=O) groups is 2. The quantitative estimate of drug-likeness (QED) is 0.522. The van der Waals surface area contributed by atoms with Crippen molar-refractivity contribution in [2.75, 3.05) is 31.1 Å². The molecular formula is C22H23BrN2O3. The Kier molecular flexibility index (Phi) is 6.87. The van der Waals surface area contributed by atoms with E-state index in [0.717, 1.165) is 28.8 Å². The van der Waals surface area contributed by atoms with Gasteiger partial charge in [0.25, 0.3) is 5.91 Å². The number of piperazine rings is 1. The monoisotopic (exact) mass is 442 g/mol. The Hall–Kier alpha value is -2.60. The maximum Gasteiger partial charge on any atom is 0.331 e. The molecule has 28 heavy (non-hydrogen) atoms. The SMILES string of the molecule is CC(OC(=O)/C=C/c1cccc(Br)c1)C(=O)N1CCN(c2ccccc2)CC1. The largest absolute Gasteiger partial charge is 0.449 e. The number of esters is 1. The van der Waals surface area contributed by atoms with Crippen molar-refractivity contribution in [2.45, 2.75) is 13.0 Å². The fraction of sp³-hybridized carbons (Fsp3) is 0.273. The zero-order chi connectivity index (χ0) is 19.9. The number of carbonyl (C=O) groups excluding carboxylic acids is 2. The summed E-state index contributed by atoms with van der Waals surface area (Å²) >= 11 is 3.39. The van der Waals surface area contributed by atoms with Crippen LogP contribution >= 0.6 is 15.9 Å². The van der Waals surface area contributed by atoms with Crippen LogP contribution < -0.4 is 4.90 Å². The van der Waals surface area contributed by atoms with Crippen LogP contribution in [0.2, 0.25) is 0 Å². The second-order valence-electron chi connectivity index (χ2n) is 6.62. The molecule has 1 heterocycles. The van der Waals surface area contributed by atoms with Crippen LogP contribution in [0, 0.1) is 0 Å². The molecule has 5 nitrogen and oxygen atoms in total. The van der Waals surface area contributed by atoms with Crippen LogP contribution in [0.3, 0.4) is 0 Å². The van der Waals surface area contributed by atoms with Gasteiger partial charge in [-0.2, -0.15) is 0 Å². The fourth-order valence-electron chi connectivity index (χ4n) is 3.12. The van der Waals surface area contributed by atoms with Crippen LogP contribution in [-0.2, 0) is 14.3 Å². The maximum absolute atomic E-state index is 12.6. The Morgan fingerprint density at radius 2 is 1.75 bits per heavy atom. The molecule has 0 aromatic heterocycles. The molecule has 0 aliphatic carbocycles. The van der Waals surface area contributed by atoms with Crippen molar-refractivity contribution in [1.82, 2.24) is 4.90 Å². The average Bonchev–Trinajstić information content (AvgIpc) is 2.72. The highest BCUT2D eigenvalue weighted by atomic mass is 79.9. The summed E-state index contributed by atoms with van der Waals surface area (Å²) in [7, 11) is 0. The van der Waals surface area contributed by atoms with Crippen molar-refractivity contribution in [3.63, 3.8) is 0 Å². The molecule has 0 bridgehead atoms. The predicted molar refractivity (Wildman–Crippen MR) is 114 cm³/mol. The third-order valence-electron chi connectivity index (χ3n) is 4.61. The molecule has 3 rings (SSSR count). The zero-order valence-corrected chi connectivity index (χ0v) is 17.3. The van der Waals surface area contributed by atoms with Crippen LogP contribution in [0.4, 0.5) is 5.69 Å². The summed E-state index contributed by atoms with van der Waals surface area (Å²) in [6, 6.07) is 17.7. The molecule has 1 amide bonds. The fourth-order valence-corrected chi connectivity index (χ4v) is 3.54. The van der Waals surface area contributed by atoms with Gasteiger partial charge in [0, 0.05) is 42.4 Å². The lowest BCUT2D eigenvalue weighted by Crippen LogP contribution is -2.51. The highest BCUT2D eigenvalue weighted by molar-refractivity contribution is 9.10. The first kappa shape index (κ1) is 20.1. The van der Waals surface area contributed by atoms with Gasteiger partial charge in [-0.3, -0.25) is 4.79 Å². The average molecular weight is 443 g/mol. The lowest BCUT2D eigenvalue weighted by atomic mass is 10.2. The van der Waals surface area contributed by atoms with Crippen molar-refractivity contribution >= 4 is 39.6 Å². The van der Waals surface area contributed by atoms with Gasteiger partial charge >= 0.3 is 5.97 Å². The second-order valence-corrected chi connectivity index (χ2v) is 7.53. The number of anilines is 1. The highest BCUT2D eigenvalue weighted by Gasteiger charge is 2.26. The Bertz CT molecular complexity index is 846. The van der Waals surface area contributed by atoms with Crippen LogP contribution in [0.1, 0.15) is 12.5 Å². The summed E-state index contributed by atoms with van der Waals surface area (Å²) in [5, 5.41) is 0. The van der Waals surface area contributed by atoms with E-state index in [9.17, 15) is 9.59 Å². The molecule has 6 heteroatoms. The zero-order valence-electron chi connectivity index (χ0n) is 15.8. The van der Waals surface area contributed by atoms with Gasteiger partial charge in [-0.1, -0.05) is 46.3 Å². The van der Waals surface area contributed by atoms with Gasteiger partial charge in [0.15, 0.2) is 6.10 Å². The minimum Gasteiger partial charge on any atom is -0.449 e. The number of amides is 1. The number of benzene rings is 2. The van der Waals surface area contributed by atoms with Gasteiger partial charge in [0.05, 0.1) is 0 Å². The number of halogens is 1. The minimum absolute atomic E-state index is 0.156. The van der Waals surface area contributed by atoms with Gasteiger partial charge in [-0.05, 0) is 42.8 Å². The van der Waals surface area contributed by atoms with Crippen molar-refractivity contribution < 1.29 is 14.3 Å². The van der Waals surface area contributed by atoms with E-state index in [0.29, 0.717) is 13.1 Å². The van der Waals surface area contributed by atoms with Crippen LogP contribution in [0.5, 0.6) is 0 Å². The predicted octanol–water partition coefficient (Wildman–Crippen LogP) is 3.74. The second kappa shape index (κ2) is 9.55. The molecule has 0 spiro atoms. The smallest absolute Gasteiger partial charge is 0.331 e.